The van der Waals surface area contributed by atoms with Crippen molar-refractivity contribution in [2.75, 3.05) is 7.11 Å². The number of rotatable bonds is 6. The number of H-pyrrole nitrogens is 1. The molecule has 1 aliphatic carbocycles. The zero-order chi connectivity index (χ0) is 25.6. The van der Waals surface area contributed by atoms with Gasteiger partial charge in [0, 0.05) is 18.7 Å². The molecule has 2 aliphatic heterocycles. The van der Waals surface area contributed by atoms with Gasteiger partial charge < -0.3 is 35.5 Å². The average molecular weight is 497 g/mol. The fraction of sp³-hybridized carbons (Fsp3) is 0.636. The van der Waals surface area contributed by atoms with Crippen molar-refractivity contribution in [1.82, 2.24) is 9.55 Å². The summed E-state index contributed by atoms with van der Waals surface area (Å²) in [6, 6.07) is 1.21. The molecule has 4 rings (SSSR count). The highest BCUT2D eigenvalue weighted by Crippen LogP contribution is 2.31. The Labute approximate surface area is 201 Å². The van der Waals surface area contributed by atoms with Crippen LogP contribution in [0.3, 0.4) is 0 Å². The van der Waals surface area contributed by atoms with Crippen molar-refractivity contribution < 1.29 is 33.6 Å². The Bertz CT molecular complexity index is 1040. The predicted octanol–water partition coefficient (Wildman–Crippen LogP) is -0.514. The van der Waals surface area contributed by atoms with Gasteiger partial charge in [0.25, 0.3) is 5.56 Å². The average Bonchev–Trinajstić information content (AvgIpc) is 3.46. The normalized spacial score (nSPS) is 26.0. The van der Waals surface area contributed by atoms with Gasteiger partial charge in [0.05, 0.1) is 13.2 Å². The molecule has 13 heteroatoms. The highest BCUT2D eigenvalue weighted by atomic mass is 16.7. The molecule has 1 aromatic rings. The number of primary amides is 1. The van der Waals surface area contributed by atoms with E-state index in [9.17, 15) is 19.2 Å². The number of carbonyl (C=O) groups excluding carboxylic acids is 2. The largest absolute Gasteiger partial charge is 0.463 e. The molecule has 1 amide bonds. The number of carbonyl (C=O) groups is 2. The van der Waals surface area contributed by atoms with Crippen LogP contribution in [0.15, 0.2) is 33.7 Å². The van der Waals surface area contributed by atoms with Crippen LogP contribution in [0.4, 0.5) is 0 Å². The number of hydrogen-bond donors (Lipinski definition) is 4. The number of nitrogens with two attached hydrogens (primary N) is 2. The number of nitrogens with zero attached hydrogens (tertiary/aromatic N) is 1. The van der Waals surface area contributed by atoms with Crippen molar-refractivity contribution in [3.05, 3.63) is 44.9 Å². The molecular weight excluding hydrogens is 464 g/mol. The van der Waals surface area contributed by atoms with Gasteiger partial charge >= 0.3 is 11.7 Å². The molecule has 1 aromatic heterocycles. The molecule has 3 heterocycles. The molecule has 2 fully saturated rings. The van der Waals surface area contributed by atoms with Gasteiger partial charge in [0.2, 0.25) is 18.0 Å². The van der Waals surface area contributed by atoms with Crippen LogP contribution in [0.2, 0.25) is 0 Å². The standard InChI is InChI=1S/C17H21N3O8.C5H11NO/c1-25-16(23)10-3-2-4-13(27-10)28-14(15(18)22)9-5-6-12(26-9)20-8-7-11(21)19-17(20)24;6-5(7)3-1-2-4-5/h3,7-9,12-14H,2,4-6H2,1H3,(H2,18,22)(H,19,21,24);7H,1-4,6H2. The molecule has 1 saturated carbocycles. The smallest absolute Gasteiger partial charge is 0.373 e. The SMILES string of the molecule is COC(=O)C1=CCCC(OC(C(N)=O)C2CCC(n3ccc(=O)[nH]c3=O)O2)O1.NC1(O)CCCC1. The Balaban J connectivity index is 0.000000420. The molecule has 4 atom stereocenters. The van der Waals surface area contributed by atoms with Gasteiger partial charge in [0.1, 0.15) is 12.0 Å². The van der Waals surface area contributed by atoms with Crippen molar-refractivity contribution in [3.63, 3.8) is 0 Å². The second-order valence-corrected chi connectivity index (χ2v) is 8.68. The lowest BCUT2D eigenvalue weighted by atomic mass is 10.1. The molecule has 6 N–H and O–H groups in total. The number of ether oxygens (including phenoxy) is 4. The monoisotopic (exact) mass is 496 g/mol. The van der Waals surface area contributed by atoms with Crippen LogP contribution in [0.25, 0.3) is 0 Å². The highest BCUT2D eigenvalue weighted by molar-refractivity contribution is 5.86. The van der Waals surface area contributed by atoms with E-state index in [2.05, 4.69) is 9.72 Å². The summed E-state index contributed by atoms with van der Waals surface area (Å²) in [4.78, 5) is 48.8. The van der Waals surface area contributed by atoms with Gasteiger partial charge in [-0.05, 0) is 51.0 Å². The summed E-state index contributed by atoms with van der Waals surface area (Å²) >= 11 is 0. The summed E-state index contributed by atoms with van der Waals surface area (Å²) in [5.41, 5.74) is 8.87. The fourth-order valence-electron chi connectivity index (χ4n) is 4.14. The third-order valence-corrected chi connectivity index (χ3v) is 5.95. The molecule has 35 heavy (non-hydrogen) atoms. The van der Waals surface area contributed by atoms with Crippen LogP contribution >= 0.6 is 0 Å². The Kier molecular flexibility index (Phi) is 8.83. The van der Waals surface area contributed by atoms with Crippen LogP contribution in [-0.2, 0) is 28.5 Å². The van der Waals surface area contributed by atoms with E-state index in [-0.39, 0.29) is 5.76 Å². The highest BCUT2D eigenvalue weighted by Gasteiger charge is 2.39. The van der Waals surface area contributed by atoms with Crippen molar-refractivity contribution in [1.29, 1.82) is 0 Å². The van der Waals surface area contributed by atoms with E-state index in [1.54, 1.807) is 6.08 Å². The maximum Gasteiger partial charge on any atom is 0.373 e. The fourth-order valence-corrected chi connectivity index (χ4v) is 4.14. The summed E-state index contributed by atoms with van der Waals surface area (Å²) in [6.07, 6.45) is 5.01. The van der Waals surface area contributed by atoms with E-state index in [0.717, 1.165) is 25.7 Å². The van der Waals surface area contributed by atoms with Crippen LogP contribution in [0, 0.1) is 0 Å². The molecule has 194 valence electrons. The summed E-state index contributed by atoms with van der Waals surface area (Å²) in [7, 11) is 1.23. The first-order chi connectivity index (χ1) is 16.6. The van der Waals surface area contributed by atoms with Gasteiger partial charge in [0.15, 0.2) is 6.10 Å². The van der Waals surface area contributed by atoms with E-state index in [4.69, 9.17) is 30.8 Å². The number of aromatic nitrogens is 2. The first-order valence-electron chi connectivity index (χ1n) is 11.5. The topological polar surface area (TPSA) is 198 Å². The van der Waals surface area contributed by atoms with Crippen molar-refractivity contribution in [2.45, 2.75) is 81.8 Å². The lowest BCUT2D eigenvalue weighted by Gasteiger charge is -2.29. The van der Waals surface area contributed by atoms with Gasteiger partial charge in [-0.2, -0.15) is 0 Å². The summed E-state index contributed by atoms with van der Waals surface area (Å²) in [5.74, 6) is -1.39. The molecule has 0 radical (unpaired) electrons. The van der Waals surface area contributed by atoms with Crippen LogP contribution in [0.5, 0.6) is 0 Å². The van der Waals surface area contributed by atoms with Gasteiger partial charge in [-0.1, -0.05) is 0 Å². The van der Waals surface area contributed by atoms with Crippen LogP contribution < -0.4 is 22.7 Å². The van der Waals surface area contributed by atoms with Crippen molar-refractivity contribution >= 4 is 11.9 Å². The summed E-state index contributed by atoms with van der Waals surface area (Å²) < 4.78 is 22.7. The number of aliphatic hydroxyl groups is 1. The first kappa shape index (κ1) is 26.6. The molecule has 0 bridgehead atoms. The number of allylic oxidation sites excluding steroid dienone is 1. The second kappa shape index (κ2) is 11.6. The Morgan fingerprint density at radius 2 is 1.97 bits per heavy atom. The van der Waals surface area contributed by atoms with Crippen LogP contribution in [-0.4, -0.2) is 57.9 Å². The number of nitrogens with one attached hydrogen (secondary N) is 1. The third-order valence-electron chi connectivity index (χ3n) is 5.95. The number of aromatic amines is 1. The van der Waals surface area contributed by atoms with Gasteiger partial charge in [-0.15, -0.1) is 0 Å². The Hall–Kier alpha value is -3.00. The number of hydrogen-bond acceptors (Lipinski definition) is 10. The van der Waals surface area contributed by atoms with Gasteiger partial charge in [-0.25, -0.2) is 9.59 Å². The van der Waals surface area contributed by atoms with E-state index in [1.165, 1.54) is 23.9 Å². The van der Waals surface area contributed by atoms with Gasteiger partial charge in [-0.3, -0.25) is 19.1 Å². The zero-order valence-electron chi connectivity index (χ0n) is 19.5. The molecule has 13 nitrogen and oxygen atoms in total. The number of amides is 1. The zero-order valence-corrected chi connectivity index (χ0v) is 19.5. The minimum Gasteiger partial charge on any atom is -0.463 e. The van der Waals surface area contributed by atoms with Crippen molar-refractivity contribution in [2.24, 2.45) is 11.5 Å². The van der Waals surface area contributed by atoms with E-state index in [1.807, 2.05) is 0 Å². The molecular formula is C22H32N4O9. The maximum absolute atomic E-state index is 11.9. The lowest BCUT2D eigenvalue weighted by Crippen LogP contribution is -2.44. The Morgan fingerprint density at radius 1 is 1.26 bits per heavy atom. The van der Waals surface area contributed by atoms with E-state index < -0.39 is 53.6 Å². The minimum absolute atomic E-state index is 0.00646. The first-order valence-corrected chi connectivity index (χ1v) is 11.5. The van der Waals surface area contributed by atoms with E-state index in [0.29, 0.717) is 25.7 Å². The predicted molar refractivity (Wildman–Crippen MR) is 120 cm³/mol. The molecule has 1 saturated heterocycles. The lowest BCUT2D eigenvalue weighted by molar-refractivity contribution is -0.197. The summed E-state index contributed by atoms with van der Waals surface area (Å²) in [5, 5.41) is 8.97. The molecule has 4 unspecified atom stereocenters. The van der Waals surface area contributed by atoms with E-state index >= 15 is 0 Å². The number of methoxy groups -OCH3 is 1. The number of esters is 1. The second-order valence-electron chi connectivity index (χ2n) is 8.68. The third kappa shape index (κ3) is 7.24. The van der Waals surface area contributed by atoms with Crippen LogP contribution in [0.1, 0.15) is 57.6 Å². The summed E-state index contributed by atoms with van der Waals surface area (Å²) in [6.45, 7) is 0. The molecule has 0 spiro atoms. The maximum atomic E-state index is 11.9. The minimum atomic E-state index is -1.13. The van der Waals surface area contributed by atoms with Crippen molar-refractivity contribution in [3.8, 4) is 0 Å². The quantitative estimate of drug-likeness (QED) is 0.294. The molecule has 0 aromatic carbocycles. The Morgan fingerprint density at radius 3 is 2.54 bits per heavy atom. The molecule has 3 aliphatic rings.